The van der Waals surface area contributed by atoms with Gasteiger partial charge in [0.15, 0.2) is 5.76 Å². The highest BCUT2D eigenvalue weighted by molar-refractivity contribution is 5.58. The molecular weight excluding hydrogens is 192 g/mol. The summed E-state index contributed by atoms with van der Waals surface area (Å²) in [6.07, 6.45) is 0. The SMILES string of the molecule is Cc1nc(-c2onc(C)c2C)ccc1O. The average Bonchev–Trinajstić information content (AvgIpc) is 2.53. The number of rotatable bonds is 1. The van der Waals surface area contributed by atoms with E-state index in [0.29, 0.717) is 17.1 Å². The fourth-order valence-electron chi connectivity index (χ4n) is 1.33. The third-order valence-electron chi connectivity index (χ3n) is 2.45. The van der Waals surface area contributed by atoms with Crippen molar-refractivity contribution in [1.82, 2.24) is 10.1 Å². The zero-order valence-electron chi connectivity index (χ0n) is 8.90. The van der Waals surface area contributed by atoms with Gasteiger partial charge >= 0.3 is 0 Å². The van der Waals surface area contributed by atoms with E-state index in [1.807, 2.05) is 13.8 Å². The van der Waals surface area contributed by atoms with Crippen LogP contribution in [0, 0.1) is 20.8 Å². The monoisotopic (exact) mass is 204 g/mol. The van der Waals surface area contributed by atoms with Crippen molar-refractivity contribution in [2.75, 3.05) is 0 Å². The molecule has 0 unspecified atom stereocenters. The lowest BCUT2D eigenvalue weighted by molar-refractivity contribution is 0.425. The molecular formula is C11H12N2O2. The van der Waals surface area contributed by atoms with Crippen LogP contribution in [0.25, 0.3) is 11.5 Å². The van der Waals surface area contributed by atoms with Gasteiger partial charge < -0.3 is 9.63 Å². The summed E-state index contributed by atoms with van der Waals surface area (Å²) in [4.78, 5) is 4.23. The molecule has 0 saturated heterocycles. The van der Waals surface area contributed by atoms with Crippen LogP contribution in [0.1, 0.15) is 17.0 Å². The standard InChI is InChI=1S/C11H12N2O2/c1-6-7(2)13-15-11(6)9-4-5-10(14)8(3)12-9/h4-5,14H,1-3H3. The van der Waals surface area contributed by atoms with Crippen LogP contribution < -0.4 is 0 Å². The van der Waals surface area contributed by atoms with Gasteiger partial charge in [-0.3, -0.25) is 0 Å². The van der Waals surface area contributed by atoms with E-state index in [2.05, 4.69) is 10.1 Å². The molecule has 0 radical (unpaired) electrons. The molecule has 0 aliphatic carbocycles. The summed E-state index contributed by atoms with van der Waals surface area (Å²) in [5.74, 6) is 0.850. The van der Waals surface area contributed by atoms with E-state index in [-0.39, 0.29) is 5.75 Å². The van der Waals surface area contributed by atoms with Crippen LogP contribution in [0.3, 0.4) is 0 Å². The summed E-state index contributed by atoms with van der Waals surface area (Å²) in [5, 5.41) is 13.2. The van der Waals surface area contributed by atoms with E-state index in [4.69, 9.17) is 4.52 Å². The Bertz CT molecular complexity index is 503. The van der Waals surface area contributed by atoms with Gasteiger partial charge in [0.05, 0.1) is 11.4 Å². The van der Waals surface area contributed by atoms with Crippen molar-refractivity contribution < 1.29 is 9.63 Å². The Morgan fingerprint density at radius 3 is 2.40 bits per heavy atom. The average molecular weight is 204 g/mol. The smallest absolute Gasteiger partial charge is 0.188 e. The molecule has 0 bridgehead atoms. The molecule has 0 atom stereocenters. The molecule has 2 aromatic rings. The topological polar surface area (TPSA) is 59.2 Å². The van der Waals surface area contributed by atoms with Crippen molar-refractivity contribution >= 4 is 0 Å². The van der Waals surface area contributed by atoms with Gasteiger partial charge in [-0.15, -0.1) is 0 Å². The van der Waals surface area contributed by atoms with E-state index < -0.39 is 0 Å². The van der Waals surface area contributed by atoms with Crippen molar-refractivity contribution in [3.05, 3.63) is 29.1 Å². The first-order valence-corrected chi connectivity index (χ1v) is 4.69. The predicted molar refractivity (Wildman–Crippen MR) is 55.6 cm³/mol. The maximum atomic E-state index is 9.36. The van der Waals surface area contributed by atoms with Crippen LogP contribution in [0.2, 0.25) is 0 Å². The zero-order valence-corrected chi connectivity index (χ0v) is 8.90. The Balaban J connectivity index is 2.55. The van der Waals surface area contributed by atoms with Crippen LogP contribution in [-0.2, 0) is 0 Å². The molecule has 2 aromatic heterocycles. The number of nitrogens with zero attached hydrogens (tertiary/aromatic N) is 2. The van der Waals surface area contributed by atoms with E-state index in [1.165, 1.54) is 0 Å². The van der Waals surface area contributed by atoms with Crippen LogP contribution >= 0.6 is 0 Å². The van der Waals surface area contributed by atoms with Crippen molar-refractivity contribution in [3.63, 3.8) is 0 Å². The molecule has 0 saturated carbocycles. The van der Waals surface area contributed by atoms with Gasteiger partial charge in [0, 0.05) is 5.56 Å². The third-order valence-corrected chi connectivity index (χ3v) is 2.45. The summed E-state index contributed by atoms with van der Waals surface area (Å²) in [7, 11) is 0. The first kappa shape index (κ1) is 9.71. The van der Waals surface area contributed by atoms with E-state index in [1.54, 1.807) is 19.1 Å². The molecule has 0 fully saturated rings. The van der Waals surface area contributed by atoms with Crippen molar-refractivity contribution in [2.45, 2.75) is 20.8 Å². The lowest BCUT2D eigenvalue weighted by atomic mass is 10.1. The van der Waals surface area contributed by atoms with Crippen LogP contribution in [-0.4, -0.2) is 15.2 Å². The largest absolute Gasteiger partial charge is 0.506 e. The van der Waals surface area contributed by atoms with Gasteiger partial charge in [0.25, 0.3) is 0 Å². The Kier molecular flexibility index (Phi) is 2.19. The third kappa shape index (κ3) is 1.58. The van der Waals surface area contributed by atoms with Gasteiger partial charge in [-0.25, -0.2) is 4.98 Å². The molecule has 0 aliphatic rings. The minimum absolute atomic E-state index is 0.188. The van der Waals surface area contributed by atoms with Crippen LogP contribution in [0.15, 0.2) is 16.7 Å². The number of aromatic nitrogens is 2. The highest BCUT2D eigenvalue weighted by Gasteiger charge is 2.12. The summed E-state index contributed by atoms with van der Waals surface area (Å²) < 4.78 is 5.18. The second kappa shape index (κ2) is 3.38. The van der Waals surface area contributed by atoms with Crippen LogP contribution in [0.5, 0.6) is 5.75 Å². The number of pyridine rings is 1. The molecule has 4 heteroatoms. The molecule has 15 heavy (non-hydrogen) atoms. The van der Waals surface area contributed by atoms with Crippen molar-refractivity contribution in [2.24, 2.45) is 0 Å². The van der Waals surface area contributed by atoms with E-state index in [0.717, 1.165) is 11.3 Å². The summed E-state index contributed by atoms with van der Waals surface area (Å²) in [6.45, 7) is 5.57. The van der Waals surface area contributed by atoms with Gasteiger partial charge in [-0.05, 0) is 32.9 Å². The van der Waals surface area contributed by atoms with E-state index >= 15 is 0 Å². The molecule has 78 valence electrons. The van der Waals surface area contributed by atoms with Crippen molar-refractivity contribution in [3.8, 4) is 17.2 Å². The molecule has 0 aliphatic heterocycles. The molecule has 4 nitrogen and oxygen atoms in total. The minimum Gasteiger partial charge on any atom is -0.506 e. The summed E-state index contributed by atoms with van der Waals surface area (Å²) >= 11 is 0. The molecule has 2 rings (SSSR count). The number of hydrogen-bond donors (Lipinski definition) is 1. The predicted octanol–water partition coefficient (Wildman–Crippen LogP) is 2.37. The Morgan fingerprint density at radius 1 is 1.13 bits per heavy atom. The Morgan fingerprint density at radius 2 is 1.87 bits per heavy atom. The second-order valence-electron chi connectivity index (χ2n) is 3.52. The first-order chi connectivity index (χ1) is 7.09. The maximum Gasteiger partial charge on any atom is 0.188 e. The number of aromatic hydroxyl groups is 1. The molecule has 0 aromatic carbocycles. The van der Waals surface area contributed by atoms with Crippen molar-refractivity contribution in [1.29, 1.82) is 0 Å². The fraction of sp³-hybridized carbons (Fsp3) is 0.273. The highest BCUT2D eigenvalue weighted by Crippen LogP contribution is 2.25. The Labute approximate surface area is 87.6 Å². The lowest BCUT2D eigenvalue weighted by Gasteiger charge is -2.00. The van der Waals surface area contributed by atoms with Gasteiger partial charge in [0.2, 0.25) is 0 Å². The number of hydrogen-bond acceptors (Lipinski definition) is 4. The minimum atomic E-state index is 0.188. The normalized spacial score (nSPS) is 10.6. The number of aryl methyl sites for hydroxylation is 2. The molecule has 2 heterocycles. The molecule has 0 amide bonds. The second-order valence-corrected chi connectivity index (χ2v) is 3.52. The first-order valence-electron chi connectivity index (χ1n) is 4.69. The highest BCUT2D eigenvalue weighted by atomic mass is 16.5. The quantitative estimate of drug-likeness (QED) is 0.774. The molecule has 0 spiro atoms. The van der Waals surface area contributed by atoms with E-state index in [9.17, 15) is 5.11 Å². The Hall–Kier alpha value is -1.84. The van der Waals surface area contributed by atoms with Gasteiger partial charge in [-0.2, -0.15) is 0 Å². The summed E-state index contributed by atoms with van der Waals surface area (Å²) in [5.41, 5.74) is 3.12. The van der Waals surface area contributed by atoms with Crippen LogP contribution in [0.4, 0.5) is 0 Å². The summed E-state index contributed by atoms with van der Waals surface area (Å²) in [6, 6.07) is 3.32. The van der Waals surface area contributed by atoms with Gasteiger partial charge in [0.1, 0.15) is 11.4 Å². The maximum absolute atomic E-state index is 9.36. The zero-order chi connectivity index (χ0) is 11.0. The molecule has 1 N–H and O–H groups in total. The fourth-order valence-corrected chi connectivity index (χ4v) is 1.33. The van der Waals surface area contributed by atoms with Gasteiger partial charge in [-0.1, -0.05) is 5.16 Å². The lowest BCUT2D eigenvalue weighted by Crippen LogP contribution is -1.87.